The number of aryl methyl sites for hydroxylation is 2. The van der Waals surface area contributed by atoms with E-state index in [9.17, 15) is 0 Å². The SMILES string of the molecule is COc1ccc2c(c1)[nH]c1c(C)nc(C)cc12. The first-order valence-corrected chi connectivity index (χ1v) is 5.62. The molecular weight excluding hydrogens is 212 g/mol. The third kappa shape index (κ3) is 1.46. The number of nitrogens with zero attached hydrogens (tertiary/aromatic N) is 1. The Morgan fingerprint density at radius 1 is 1.12 bits per heavy atom. The van der Waals surface area contributed by atoms with E-state index in [-0.39, 0.29) is 0 Å². The fourth-order valence-electron chi connectivity index (χ4n) is 2.32. The van der Waals surface area contributed by atoms with Gasteiger partial charge in [-0.3, -0.25) is 4.98 Å². The van der Waals surface area contributed by atoms with E-state index in [1.54, 1.807) is 7.11 Å². The number of hydrogen-bond acceptors (Lipinski definition) is 2. The summed E-state index contributed by atoms with van der Waals surface area (Å²) in [6.45, 7) is 4.05. The first-order valence-electron chi connectivity index (χ1n) is 5.62. The predicted octanol–water partition coefficient (Wildman–Crippen LogP) is 3.34. The molecule has 0 bridgehead atoms. The molecular formula is C14H14N2O. The molecule has 3 heteroatoms. The highest BCUT2D eigenvalue weighted by Gasteiger charge is 2.08. The Kier molecular flexibility index (Phi) is 2.08. The first kappa shape index (κ1) is 10.1. The largest absolute Gasteiger partial charge is 0.497 e. The van der Waals surface area contributed by atoms with Crippen LogP contribution in [0.3, 0.4) is 0 Å². The number of rotatable bonds is 1. The molecule has 0 aliphatic carbocycles. The van der Waals surface area contributed by atoms with Crippen molar-refractivity contribution in [1.82, 2.24) is 9.97 Å². The minimum absolute atomic E-state index is 0.867. The van der Waals surface area contributed by atoms with Crippen molar-refractivity contribution in [3.05, 3.63) is 35.7 Å². The molecule has 3 aromatic rings. The summed E-state index contributed by atoms with van der Waals surface area (Å²) in [7, 11) is 1.68. The zero-order chi connectivity index (χ0) is 12.0. The minimum atomic E-state index is 0.867. The summed E-state index contributed by atoms with van der Waals surface area (Å²) in [4.78, 5) is 7.88. The molecule has 0 saturated carbocycles. The standard InChI is InChI=1S/C14H14N2O/c1-8-6-12-11-5-4-10(17-3)7-13(11)16-14(12)9(2)15-8/h4-7,16H,1-3H3. The highest BCUT2D eigenvalue weighted by atomic mass is 16.5. The predicted molar refractivity (Wildman–Crippen MR) is 69.6 cm³/mol. The number of H-pyrrole nitrogens is 1. The number of aromatic nitrogens is 2. The van der Waals surface area contributed by atoms with Gasteiger partial charge in [-0.05, 0) is 32.0 Å². The second-order valence-electron chi connectivity index (χ2n) is 4.31. The molecule has 17 heavy (non-hydrogen) atoms. The summed E-state index contributed by atoms with van der Waals surface area (Å²) in [5.41, 5.74) is 4.29. The van der Waals surface area contributed by atoms with E-state index in [4.69, 9.17) is 4.74 Å². The van der Waals surface area contributed by atoms with Gasteiger partial charge in [0, 0.05) is 22.5 Å². The molecule has 2 heterocycles. The molecule has 0 aliphatic rings. The average molecular weight is 226 g/mol. The fourth-order valence-corrected chi connectivity index (χ4v) is 2.32. The van der Waals surface area contributed by atoms with Gasteiger partial charge in [0.2, 0.25) is 0 Å². The van der Waals surface area contributed by atoms with Crippen molar-refractivity contribution in [2.45, 2.75) is 13.8 Å². The Labute approximate surface area is 99.4 Å². The third-order valence-corrected chi connectivity index (χ3v) is 3.10. The van der Waals surface area contributed by atoms with Gasteiger partial charge in [-0.15, -0.1) is 0 Å². The van der Waals surface area contributed by atoms with E-state index in [1.165, 1.54) is 10.8 Å². The molecule has 1 N–H and O–H groups in total. The number of fused-ring (bicyclic) bond motifs is 3. The number of ether oxygens (including phenoxy) is 1. The molecule has 3 rings (SSSR count). The van der Waals surface area contributed by atoms with Crippen LogP contribution in [0, 0.1) is 13.8 Å². The second kappa shape index (κ2) is 3.48. The van der Waals surface area contributed by atoms with Crippen LogP contribution in [0.5, 0.6) is 5.75 Å². The highest BCUT2D eigenvalue weighted by molar-refractivity contribution is 6.08. The van der Waals surface area contributed by atoms with E-state index in [2.05, 4.69) is 22.1 Å². The summed E-state index contributed by atoms with van der Waals surface area (Å²) in [6.07, 6.45) is 0. The number of pyridine rings is 1. The molecule has 86 valence electrons. The topological polar surface area (TPSA) is 37.9 Å². The highest BCUT2D eigenvalue weighted by Crippen LogP contribution is 2.29. The van der Waals surface area contributed by atoms with Gasteiger partial charge in [0.1, 0.15) is 5.75 Å². The van der Waals surface area contributed by atoms with Crippen LogP contribution in [-0.4, -0.2) is 17.1 Å². The number of hydrogen-bond donors (Lipinski definition) is 1. The van der Waals surface area contributed by atoms with Crippen LogP contribution in [0.4, 0.5) is 0 Å². The zero-order valence-electron chi connectivity index (χ0n) is 10.2. The van der Waals surface area contributed by atoms with E-state index >= 15 is 0 Å². The Balaban J connectivity index is 2.45. The Bertz CT molecular complexity index is 713. The lowest BCUT2D eigenvalue weighted by Crippen LogP contribution is -1.86. The maximum Gasteiger partial charge on any atom is 0.120 e. The van der Waals surface area contributed by atoms with Gasteiger partial charge in [-0.2, -0.15) is 0 Å². The number of benzene rings is 1. The molecule has 0 spiro atoms. The monoisotopic (exact) mass is 226 g/mol. The smallest absolute Gasteiger partial charge is 0.120 e. The molecule has 0 saturated heterocycles. The Morgan fingerprint density at radius 3 is 2.71 bits per heavy atom. The van der Waals surface area contributed by atoms with Crippen LogP contribution >= 0.6 is 0 Å². The lowest BCUT2D eigenvalue weighted by Gasteiger charge is -1.99. The van der Waals surface area contributed by atoms with E-state index in [1.807, 2.05) is 26.0 Å². The van der Waals surface area contributed by atoms with Crippen molar-refractivity contribution in [2.24, 2.45) is 0 Å². The summed E-state index contributed by atoms with van der Waals surface area (Å²) >= 11 is 0. The molecule has 0 fully saturated rings. The maximum atomic E-state index is 5.24. The van der Waals surface area contributed by atoms with Crippen molar-refractivity contribution in [3.8, 4) is 5.75 Å². The van der Waals surface area contributed by atoms with Gasteiger partial charge in [-0.1, -0.05) is 0 Å². The van der Waals surface area contributed by atoms with Crippen LogP contribution in [0.25, 0.3) is 21.8 Å². The van der Waals surface area contributed by atoms with Crippen molar-refractivity contribution < 1.29 is 4.74 Å². The minimum Gasteiger partial charge on any atom is -0.497 e. The third-order valence-electron chi connectivity index (χ3n) is 3.10. The van der Waals surface area contributed by atoms with Crippen LogP contribution in [0.15, 0.2) is 24.3 Å². The lowest BCUT2D eigenvalue weighted by molar-refractivity contribution is 0.415. The van der Waals surface area contributed by atoms with Crippen molar-refractivity contribution in [2.75, 3.05) is 7.11 Å². The van der Waals surface area contributed by atoms with Crippen LogP contribution in [-0.2, 0) is 0 Å². The number of aromatic amines is 1. The van der Waals surface area contributed by atoms with Gasteiger partial charge >= 0.3 is 0 Å². The van der Waals surface area contributed by atoms with Crippen molar-refractivity contribution in [3.63, 3.8) is 0 Å². The van der Waals surface area contributed by atoms with Crippen LogP contribution in [0.2, 0.25) is 0 Å². The van der Waals surface area contributed by atoms with Crippen molar-refractivity contribution >= 4 is 21.8 Å². The Hall–Kier alpha value is -2.03. The maximum absolute atomic E-state index is 5.24. The summed E-state index contributed by atoms with van der Waals surface area (Å²) < 4.78 is 5.24. The lowest BCUT2D eigenvalue weighted by atomic mass is 10.1. The van der Waals surface area contributed by atoms with E-state index < -0.39 is 0 Å². The van der Waals surface area contributed by atoms with Crippen LogP contribution in [0.1, 0.15) is 11.4 Å². The van der Waals surface area contributed by atoms with Crippen molar-refractivity contribution in [1.29, 1.82) is 0 Å². The Morgan fingerprint density at radius 2 is 1.94 bits per heavy atom. The molecule has 3 nitrogen and oxygen atoms in total. The summed E-state index contributed by atoms with van der Waals surface area (Å²) in [5, 5.41) is 2.45. The number of methoxy groups -OCH3 is 1. The normalized spacial score (nSPS) is 11.2. The molecule has 0 unspecified atom stereocenters. The summed E-state index contributed by atoms with van der Waals surface area (Å²) in [6, 6.07) is 8.21. The van der Waals surface area contributed by atoms with E-state index in [0.717, 1.165) is 28.2 Å². The first-order chi connectivity index (χ1) is 8.19. The molecule has 0 aliphatic heterocycles. The number of nitrogens with one attached hydrogen (secondary N) is 1. The molecule has 0 amide bonds. The fraction of sp³-hybridized carbons (Fsp3) is 0.214. The van der Waals surface area contributed by atoms with E-state index in [0.29, 0.717) is 0 Å². The quantitative estimate of drug-likeness (QED) is 0.691. The second-order valence-corrected chi connectivity index (χ2v) is 4.31. The van der Waals surface area contributed by atoms with Gasteiger partial charge in [0.15, 0.2) is 0 Å². The van der Waals surface area contributed by atoms with Crippen LogP contribution < -0.4 is 4.74 Å². The molecule has 0 radical (unpaired) electrons. The van der Waals surface area contributed by atoms with Gasteiger partial charge in [0.05, 0.1) is 23.8 Å². The summed E-state index contributed by atoms with van der Waals surface area (Å²) in [5.74, 6) is 0.867. The molecule has 2 aromatic heterocycles. The van der Waals surface area contributed by atoms with Gasteiger partial charge in [-0.25, -0.2) is 0 Å². The molecule has 0 atom stereocenters. The van der Waals surface area contributed by atoms with Gasteiger partial charge in [0.25, 0.3) is 0 Å². The zero-order valence-corrected chi connectivity index (χ0v) is 10.2. The average Bonchev–Trinajstić information content (AvgIpc) is 2.67. The van der Waals surface area contributed by atoms with Gasteiger partial charge < -0.3 is 9.72 Å². The molecule has 1 aromatic carbocycles.